The number of aliphatic hydroxyl groups is 5. The summed E-state index contributed by atoms with van der Waals surface area (Å²) in [5.74, 6) is -0.651. The minimum Gasteiger partial charge on any atom is -0.390 e. The highest BCUT2D eigenvalue weighted by Gasteiger charge is 2.49. The lowest BCUT2D eigenvalue weighted by atomic mass is 9.82. The second-order valence-electron chi connectivity index (χ2n) is 12.6. The lowest BCUT2D eigenvalue weighted by Crippen LogP contribution is -2.69. The molecule has 2 aliphatic heterocycles. The average Bonchev–Trinajstić information content (AvgIpc) is 3.33. The molecule has 4 rings (SSSR count). The molecule has 1 aromatic rings. The van der Waals surface area contributed by atoms with E-state index in [1.165, 1.54) is 13.1 Å². The first-order valence-corrected chi connectivity index (χ1v) is 15.9. The van der Waals surface area contributed by atoms with E-state index in [-0.39, 0.29) is 25.1 Å². The number of ether oxygens (including phenoxy) is 3. The van der Waals surface area contributed by atoms with E-state index in [1.54, 1.807) is 0 Å². The van der Waals surface area contributed by atoms with Gasteiger partial charge in [-0.2, -0.15) is 0 Å². The van der Waals surface area contributed by atoms with E-state index in [0.717, 1.165) is 17.4 Å². The molecule has 19 nitrogen and oxygen atoms in total. The molecule has 14 atom stereocenters. The smallest absolute Gasteiger partial charge is 0.330 e. The Morgan fingerprint density at radius 3 is 2.32 bits per heavy atom. The van der Waals surface area contributed by atoms with Crippen molar-refractivity contribution >= 4 is 5.91 Å². The Morgan fingerprint density at radius 2 is 1.64 bits per heavy atom. The van der Waals surface area contributed by atoms with Crippen LogP contribution in [0.2, 0.25) is 0 Å². The van der Waals surface area contributed by atoms with Crippen LogP contribution >= 0.6 is 0 Å². The molecule has 3 aliphatic rings. The molecule has 0 aromatic carbocycles. The van der Waals surface area contributed by atoms with Crippen molar-refractivity contribution in [2.75, 3.05) is 19.6 Å². The van der Waals surface area contributed by atoms with Crippen LogP contribution in [0.3, 0.4) is 0 Å². The van der Waals surface area contributed by atoms with E-state index >= 15 is 0 Å². The molecule has 1 amide bonds. The van der Waals surface area contributed by atoms with Gasteiger partial charge in [0.1, 0.15) is 30.5 Å². The molecular formula is C28H50N8O11. The Labute approximate surface area is 270 Å². The SMILES string of the molecule is Cc1cn([C@@H]2O[C@H](C(=O)NCCCCCCN[C@H]3[C@@H](O)[C@H](N)C[C@H](N)[C@H]3O[C@H]3O[C@H](CN)[C@@H](O)[C@H](O)[C@H]3N)[C@@H](O)[C@H]2O)c(=O)[nH]c1=O. The first-order valence-electron chi connectivity index (χ1n) is 15.9. The summed E-state index contributed by atoms with van der Waals surface area (Å²) in [6.45, 7) is 2.14. The minimum absolute atomic E-state index is 0.0687. The molecule has 16 N–H and O–H groups in total. The zero-order valence-electron chi connectivity index (χ0n) is 26.3. The van der Waals surface area contributed by atoms with Crippen molar-refractivity contribution < 1.29 is 44.5 Å². The number of carbonyl (C=O) groups excluding carboxylic acids is 1. The predicted molar refractivity (Wildman–Crippen MR) is 164 cm³/mol. The van der Waals surface area contributed by atoms with E-state index in [0.29, 0.717) is 19.4 Å². The molecular weight excluding hydrogens is 624 g/mol. The highest BCUT2D eigenvalue weighted by Crippen LogP contribution is 2.29. The van der Waals surface area contributed by atoms with Crippen LogP contribution in [0.1, 0.15) is 43.9 Å². The highest BCUT2D eigenvalue weighted by atomic mass is 16.7. The molecule has 0 unspecified atom stereocenters. The molecule has 0 spiro atoms. The molecule has 19 heteroatoms. The van der Waals surface area contributed by atoms with Gasteiger partial charge in [0, 0.05) is 36.9 Å². The lowest BCUT2D eigenvalue weighted by Gasteiger charge is -2.47. The van der Waals surface area contributed by atoms with Crippen LogP contribution in [0.15, 0.2) is 15.8 Å². The fourth-order valence-corrected chi connectivity index (χ4v) is 6.23. The summed E-state index contributed by atoms with van der Waals surface area (Å²) in [4.78, 5) is 38.6. The molecule has 1 aromatic heterocycles. The molecule has 1 saturated carbocycles. The normalized spacial score (nSPS) is 39.2. The van der Waals surface area contributed by atoms with E-state index in [1.807, 2.05) is 0 Å². The summed E-state index contributed by atoms with van der Waals surface area (Å²) in [6.07, 6.45) is -8.09. The Balaban J connectivity index is 1.20. The van der Waals surface area contributed by atoms with Crippen LogP contribution in [-0.4, -0.2) is 140 Å². The van der Waals surface area contributed by atoms with E-state index < -0.39 is 103 Å². The van der Waals surface area contributed by atoms with Gasteiger partial charge in [0.2, 0.25) is 0 Å². The summed E-state index contributed by atoms with van der Waals surface area (Å²) in [6, 6.07) is -2.92. The summed E-state index contributed by atoms with van der Waals surface area (Å²) in [5.41, 5.74) is 22.9. The Kier molecular flexibility index (Phi) is 13.0. The maximum Gasteiger partial charge on any atom is 0.330 e. The molecule has 0 bridgehead atoms. The first-order chi connectivity index (χ1) is 22.3. The standard InChI is InChI=1S/C28H50N8O11/c1-11-10-36(28(44)35-24(11)42)26-21(41)20(40)23(46-26)25(43)34-7-5-3-2-4-6-33-16-17(37)12(30)8-13(31)22(16)47-27-15(32)19(39)18(38)14(9-29)45-27/h10,12-23,26-27,33,37-41H,2-9,29-32H2,1H3,(H,34,43)(H,35,42,44)/t12-,13+,14-,15-,16+,17+,18-,19-,20+,21-,22-,23+,26-,27-/m1/s1. The average molecular weight is 675 g/mol. The quantitative estimate of drug-likeness (QED) is 0.0865. The summed E-state index contributed by atoms with van der Waals surface area (Å²) in [5, 5.41) is 58.1. The van der Waals surface area contributed by atoms with Crippen molar-refractivity contribution in [3.8, 4) is 0 Å². The van der Waals surface area contributed by atoms with Gasteiger partial charge >= 0.3 is 5.69 Å². The number of aliphatic hydroxyl groups excluding tert-OH is 5. The molecule has 1 aliphatic carbocycles. The van der Waals surface area contributed by atoms with E-state index in [2.05, 4.69) is 15.6 Å². The highest BCUT2D eigenvalue weighted by molar-refractivity contribution is 5.81. The van der Waals surface area contributed by atoms with Crippen molar-refractivity contribution in [3.05, 3.63) is 32.6 Å². The fraction of sp³-hybridized carbons (Fsp3) is 0.821. The Morgan fingerprint density at radius 1 is 0.957 bits per heavy atom. The molecule has 3 heterocycles. The van der Waals surface area contributed by atoms with Crippen LogP contribution < -0.4 is 44.8 Å². The van der Waals surface area contributed by atoms with Crippen LogP contribution in [0.5, 0.6) is 0 Å². The number of hydrogen-bond donors (Lipinski definition) is 12. The van der Waals surface area contributed by atoms with Gasteiger partial charge in [-0.05, 0) is 32.7 Å². The number of aromatic amines is 1. The number of aromatic nitrogens is 2. The third kappa shape index (κ3) is 8.44. The van der Waals surface area contributed by atoms with Gasteiger partial charge in [0.05, 0.1) is 24.3 Å². The summed E-state index contributed by atoms with van der Waals surface area (Å²) >= 11 is 0. The number of aryl methyl sites for hydroxylation is 1. The zero-order valence-corrected chi connectivity index (χ0v) is 26.3. The van der Waals surface area contributed by atoms with Crippen molar-refractivity contribution in [2.45, 2.75) is 125 Å². The van der Waals surface area contributed by atoms with E-state index in [9.17, 15) is 39.9 Å². The third-order valence-electron chi connectivity index (χ3n) is 9.10. The molecule has 268 valence electrons. The largest absolute Gasteiger partial charge is 0.390 e. The number of nitrogens with one attached hydrogen (secondary N) is 3. The van der Waals surface area contributed by atoms with Crippen LogP contribution in [0, 0.1) is 6.92 Å². The van der Waals surface area contributed by atoms with E-state index in [4.69, 9.17) is 37.1 Å². The summed E-state index contributed by atoms with van der Waals surface area (Å²) < 4.78 is 18.2. The van der Waals surface area contributed by atoms with Crippen LogP contribution in [0.4, 0.5) is 0 Å². The van der Waals surface area contributed by atoms with Gasteiger partial charge in [-0.15, -0.1) is 0 Å². The number of hydrogen-bond acceptors (Lipinski definition) is 16. The topological polar surface area (TPSA) is 329 Å². The summed E-state index contributed by atoms with van der Waals surface area (Å²) in [7, 11) is 0. The number of H-pyrrole nitrogens is 1. The van der Waals surface area contributed by atoms with Gasteiger partial charge < -0.3 is 73.3 Å². The maximum atomic E-state index is 12.7. The van der Waals surface area contributed by atoms with Crippen molar-refractivity contribution in [2.24, 2.45) is 22.9 Å². The number of carbonyl (C=O) groups is 1. The molecule has 0 radical (unpaired) electrons. The predicted octanol–water partition coefficient (Wildman–Crippen LogP) is -6.36. The Bertz CT molecular complexity index is 1300. The Hall–Kier alpha value is -2.37. The lowest BCUT2D eigenvalue weighted by molar-refractivity contribution is -0.279. The van der Waals surface area contributed by atoms with Gasteiger partial charge in [-0.1, -0.05) is 12.8 Å². The maximum absolute atomic E-state index is 12.7. The monoisotopic (exact) mass is 674 g/mol. The van der Waals surface area contributed by atoms with Gasteiger partial charge in [0.25, 0.3) is 11.5 Å². The second kappa shape index (κ2) is 16.4. The van der Waals surface area contributed by atoms with Crippen molar-refractivity contribution in [1.29, 1.82) is 0 Å². The van der Waals surface area contributed by atoms with Crippen LogP contribution in [-0.2, 0) is 19.0 Å². The third-order valence-corrected chi connectivity index (χ3v) is 9.10. The zero-order chi connectivity index (χ0) is 34.6. The van der Waals surface area contributed by atoms with Crippen LogP contribution in [0.25, 0.3) is 0 Å². The number of rotatable bonds is 13. The number of unbranched alkanes of at least 4 members (excludes halogenated alkanes) is 3. The minimum atomic E-state index is -1.59. The van der Waals surface area contributed by atoms with Gasteiger partial charge in [-0.25, -0.2) is 4.79 Å². The first kappa shape index (κ1) is 37.4. The van der Waals surface area contributed by atoms with Gasteiger partial charge in [0.15, 0.2) is 18.6 Å². The second-order valence-corrected chi connectivity index (χ2v) is 12.6. The molecule has 3 fully saturated rings. The number of amides is 1. The molecule has 2 saturated heterocycles. The van der Waals surface area contributed by atoms with Crippen molar-refractivity contribution in [3.63, 3.8) is 0 Å². The number of nitrogens with two attached hydrogens (primary N) is 4. The van der Waals surface area contributed by atoms with Gasteiger partial charge in [-0.3, -0.25) is 19.1 Å². The number of nitrogens with zero attached hydrogens (tertiary/aromatic N) is 1. The fourth-order valence-electron chi connectivity index (χ4n) is 6.23. The van der Waals surface area contributed by atoms with Crippen molar-refractivity contribution in [1.82, 2.24) is 20.2 Å². The molecule has 47 heavy (non-hydrogen) atoms.